The van der Waals surface area contributed by atoms with E-state index in [-0.39, 0.29) is 375 Å². The third-order valence-electron chi connectivity index (χ3n) is 9.85. The van der Waals surface area contributed by atoms with E-state index in [0.717, 1.165) is 60.7 Å². The molecule has 54 heteroatoms. The number of hydrogen-bond acceptors (Lipinski definition) is 41. The van der Waals surface area contributed by atoms with E-state index in [2.05, 4.69) is 89.9 Å². The minimum atomic E-state index is -5.45. The Hall–Kier alpha value is 1.74. The summed E-state index contributed by atoms with van der Waals surface area (Å²) in [5, 5.41) is 103. The Morgan fingerprint density at radius 1 is 0.436 bits per heavy atom. The Labute approximate surface area is 765 Å². The van der Waals surface area contributed by atoms with Crippen molar-refractivity contribution in [2.24, 2.45) is 0 Å². The molecule has 0 bridgehead atoms. The molecule has 0 aliphatic rings. The standard InChI is InChI=1S/C40H36N12O26S6.10Na/c53-31(54)15-25(33(57)58)45-39-49-35(47-37(51-39)43-23-14-22(82(64,65)66)8-9-27(23)80-77-74-62)41-19-5-3-17(28(11-19)81-78-75-63)1-2-18-4-6-20(12-30(18)84(70,71)72)42-36-48-38(52-40(50-36)46-26(34(59)60)16-32(55)56)44-24-13-21(79-76-73-61)7-10-29(24)83(67,68)69;;;;;;;;;;/h1-14,25-26,61-63H,15-16H2,(H,53,54)(H,55,56)(H,57,58)(H,59,60)(H,64,65,66)(H,67,68,69)(H,70,71,72)(H3,41,43,45,47,49,51)(H3,42,44,46,48,50,52);;;;;;;;;;/q;10*+1/p-10/b2-1+;;;;;;;;;;. The van der Waals surface area contributed by atoms with Gasteiger partial charge in [-0.25, -0.2) is 25.3 Å². The molecule has 448 valence electrons. The Balaban J connectivity index is -0.00000264. The summed E-state index contributed by atoms with van der Waals surface area (Å²) in [6, 6.07) is 7.93. The smallest absolute Gasteiger partial charge is 0.744 e. The Morgan fingerprint density at radius 2 is 0.840 bits per heavy atom. The molecule has 0 fully saturated rings. The van der Waals surface area contributed by atoms with Gasteiger partial charge in [-0.15, -0.1) is 0 Å². The molecule has 2 atom stereocenters. The van der Waals surface area contributed by atoms with Gasteiger partial charge in [0, 0.05) is 45.9 Å². The minimum Gasteiger partial charge on any atom is -0.744 e. The number of benzene rings is 4. The molecule has 4 aromatic carbocycles. The summed E-state index contributed by atoms with van der Waals surface area (Å²) >= 11 is 0.724. The maximum Gasteiger partial charge on any atom is 1.00 e. The predicted molar refractivity (Wildman–Crippen MR) is 260 cm³/mol. The van der Waals surface area contributed by atoms with Gasteiger partial charge in [-0.2, -0.15) is 42.9 Å². The van der Waals surface area contributed by atoms with Crippen molar-refractivity contribution < 1.29 is 418 Å². The molecule has 0 aliphatic heterocycles. The number of carbonyl (C=O) groups is 4. The number of nitrogens with zero attached hydrogens (tertiary/aromatic N) is 6. The molecule has 2 heterocycles. The number of aromatic nitrogens is 6. The van der Waals surface area contributed by atoms with Crippen LogP contribution in [0.1, 0.15) is 24.0 Å². The number of hydrogen-bond donors (Lipinski definition) is 6. The van der Waals surface area contributed by atoms with E-state index in [1.54, 1.807) is 0 Å². The topological polar surface area (TPSA) is 606 Å². The first kappa shape index (κ1) is 104. The normalized spacial score (nSPS) is 11.2. The molecule has 38 nitrogen and oxygen atoms in total. The van der Waals surface area contributed by atoms with Crippen molar-refractivity contribution in [3.63, 3.8) is 0 Å². The summed E-state index contributed by atoms with van der Waals surface area (Å²) in [7, 11) is -15.9. The number of aliphatic carboxylic acids is 4. The molecule has 0 radical (unpaired) electrons. The fraction of sp³-hybridized carbons (Fsp3) is 0.100. The molecule has 94 heavy (non-hydrogen) atoms. The average Bonchev–Trinajstić information content (AvgIpc) is 0.938. The van der Waals surface area contributed by atoms with Crippen LogP contribution in [0, 0.1) is 0 Å². The van der Waals surface area contributed by atoms with Gasteiger partial charge in [0.15, 0.2) is 0 Å². The van der Waals surface area contributed by atoms with Crippen molar-refractivity contribution in [1.29, 1.82) is 0 Å². The van der Waals surface area contributed by atoms with E-state index < -0.39 is 135 Å². The Bertz CT molecular complexity index is 3880. The molecule has 6 aromatic rings. The first-order chi connectivity index (χ1) is 39.6. The van der Waals surface area contributed by atoms with Crippen LogP contribution in [-0.2, 0) is 77.6 Å². The van der Waals surface area contributed by atoms with Crippen molar-refractivity contribution in [3.05, 3.63) is 83.9 Å². The zero-order valence-corrected chi connectivity index (χ0v) is 75.3. The van der Waals surface area contributed by atoms with Gasteiger partial charge < -0.3 is 101 Å². The second-order valence-electron chi connectivity index (χ2n) is 15.5. The van der Waals surface area contributed by atoms with E-state index in [1.165, 1.54) is 24.3 Å². The molecular formula is C40H26N12Na10O26S6. The van der Waals surface area contributed by atoms with E-state index in [0.29, 0.717) is 0 Å². The molecule has 0 spiro atoms. The van der Waals surface area contributed by atoms with Crippen LogP contribution >= 0.6 is 36.1 Å². The van der Waals surface area contributed by atoms with E-state index in [9.17, 15) is 94.3 Å². The second kappa shape index (κ2) is 50.2. The molecule has 2 aromatic heterocycles. The van der Waals surface area contributed by atoms with Crippen LogP contribution in [0.3, 0.4) is 0 Å². The molecule has 6 rings (SSSR count). The number of anilines is 10. The van der Waals surface area contributed by atoms with Gasteiger partial charge in [0.1, 0.15) is 30.4 Å². The van der Waals surface area contributed by atoms with Crippen LogP contribution in [-0.4, -0.2) is 105 Å². The predicted octanol–water partition coefficient (Wildman–Crippen LogP) is -35.0. The molecule has 0 aliphatic carbocycles. The van der Waals surface area contributed by atoms with Gasteiger partial charge in [-0.1, -0.05) is 24.3 Å². The SMILES string of the molecule is O=C([O-])CC(Nc1nc(Nc2ccc(/C=C/c3ccc(Nc4nc(Nc5cc(SOO[O-])ccc5S(=O)(=O)[O-])nc(NC(CC(=O)[O-])C(=O)[O-])n4)cc3S(=O)(=O)[O-])c(SOO[O-])c2)nc(Nc2cc(S(=O)(=O)[O-])ccc2SOO[O-])n1)C(=O)[O-].[Na+].[Na+].[Na+].[Na+].[Na+].[Na+].[Na+].[Na+].[Na+].[Na+]. The minimum absolute atomic E-state index is 0. The molecule has 0 saturated carbocycles. The quantitative estimate of drug-likeness (QED) is 0.00570. The Morgan fingerprint density at radius 3 is 1.28 bits per heavy atom. The number of carbonyl (C=O) groups excluding carboxylic acids is 4. The van der Waals surface area contributed by atoms with Crippen LogP contribution in [0.4, 0.5) is 58.4 Å². The van der Waals surface area contributed by atoms with Crippen molar-refractivity contribution in [1.82, 2.24) is 29.9 Å². The summed E-state index contributed by atoms with van der Waals surface area (Å²) < 4.78 is 123. The summed E-state index contributed by atoms with van der Waals surface area (Å²) in [4.78, 5) is 67.2. The molecule has 2 unspecified atom stereocenters. The van der Waals surface area contributed by atoms with Crippen LogP contribution in [0.15, 0.2) is 102 Å². The zero-order chi connectivity index (χ0) is 61.5. The largest absolute Gasteiger partial charge is 1.00 e. The van der Waals surface area contributed by atoms with Crippen LogP contribution in [0.5, 0.6) is 0 Å². The van der Waals surface area contributed by atoms with Gasteiger partial charge in [0.25, 0.3) is 0 Å². The van der Waals surface area contributed by atoms with Crippen molar-refractivity contribution in [2.75, 3.05) is 31.9 Å². The summed E-state index contributed by atoms with van der Waals surface area (Å²) in [5.74, 6) is -11.7. The number of nitrogens with one attached hydrogen (secondary N) is 6. The van der Waals surface area contributed by atoms with Crippen LogP contribution in [0.25, 0.3) is 12.2 Å². The fourth-order valence-electron chi connectivity index (χ4n) is 6.47. The van der Waals surface area contributed by atoms with E-state index in [4.69, 9.17) is 0 Å². The Kier molecular flexibility index (Phi) is 55.8. The second-order valence-corrected chi connectivity index (χ2v) is 21.8. The van der Waals surface area contributed by atoms with E-state index in [1.807, 2.05) is 0 Å². The van der Waals surface area contributed by atoms with Crippen molar-refractivity contribution in [2.45, 2.75) is 54.3 Å². The molecule has 0 saturated heterocycles. The van der Waals surface area contributed by atoms with Gasteiger partial charge in [0.05, 0.1) is 91.1 Å². The number of carboxylic acids is 4. The summed E-state index contributed by atoms with van der Waals surface area (Å²) in [6.45, 7) is 0. The first-order valence-corrected chi connectivity index (χ1v) is 28.0. The molecule has 6 N–H and O–H groups in total. The first-order valence-electron chi connectivity index (χ1n) is 21.6. The maximum atomic E-state index is 12.8. The third kappa shape index (κ3) is 34.6. The van der Waals surface area contributed by atoms with Crippen molar-refractivity contribution >= 4 is 161 Å². The molecular weight excluding hydrogens is 1490 g/mol. The monoisotopic (exact) mass is 1510 g/mol. The van der Waals surface area contributed by atoms with Crippen LogP contribution < -0.4 is 364 Å². The summed E-state index contributed by atoms with van der Waals surface area (Å²) in [5.41, 5.74) is -1.52. The van der Waals surface area contributed by atoms with E-state index >= 15 is 0 Å². The number of carboxylic acid groups (broad SMARTS) is 4. The van der Waals surface area contributed by atoms with Gasteiger partial charge in [0.2, 0.25) is 35.7 Å². The third-order valence-corrected chi connectivity index (χ3v) is 14.4. The van der Waals surface area contributed by atoms with Gasteiger partial charge >= 0.3 is 296 Å². The summed E-state index contributed by atoms with van der Waals surface area (Å²) in [6.07, 6.45) is -0.136. The fourth-order valence-corrected chi connectivity index (χ4v) is 9.60. The van der Waals surface area contributed by atoms with Crippen LogP contribution in [0.2, 0.25) is 0 Å². The van der Waals surface area contributed by atoms with Gasteiger partial charge in [-0.05, 0) is 71.8 Å². The number of rotatable bonds is 32. The van der Waals surface area contributed by atoms with Gasteiger partial charge in [-0.3, -0.25) is 15.1 Å². The zero-order valence-electron chi connectivity index (χ0n) is 50.4. The average molecular weight is 1510 g/mol. The van der Waals surface area contributed by atoms with Crippen molar-refractivity contribution in [3.8, 4) is 0 Å². The maximum absolute atomic E-state index is 12.8. The molecule has 0 amide bonds.